The van der Waals surface area contributed by atoms with Crippen molar-refractivity contribution in [3.63, 3.8) is 0 Å². The second kappa shape index (κ2) is 12.8. The number of halogens is 1. The van der Waals surface area contributed by atoms with Gasteiger partial charge in [0.15, 0.2) is 5.82 Å². The Bertz CT molecular complexity index is 2070. The molecule has 0 aliphatic rings. The Kier molecular flexibility index (Phi) is 8.17. The van der Waals surface area contributed by atoms with Gasteiger partial charge in [0.25, 0.3) is 5.56 Å². The van der Waals surface area contributed by atoms with Gasteiger partial charge in [-0.3, -0.25) is 19.6 Å². The highest BCUT2D eigenvalue weighted by Crippen LogP contribution is 2.24. The smallest absolute Gasteiger partial charge is 0.287 e. The molecule has 0 spiro atoms. The van der Waals surface area contributed by atoms with Crippen molar-refractivity contribution < 1.29 is 13.4 Å². The summed E-state index contributed by atoms with van der Waals surface area (Å²) in [6.07, 6.45) is 3.84. The standard InChI is InChI=1S/C17H12FN5O2.C14H13N5O/c18-12-9-19-16(20-17(12)24)14-8-15(13-6-7-25-22-13)23(21-14)10-11-4-2-1-3-5-11;15-14(16)12-8-13(11-6-7-20-18-11)19(17-12)9-10-4-2-1-3-5-10/h1-9H,10H2,(H,19,20,24);1-8H,9H2,(H3,15,16). The topological polar surface area (TPSA) is 183 Å². The maximum absolute atomic E-state index is 13.2. The van der Waals surface area contributed by atoms with Crippen LogP contribution in [0.4, 0.5) is 4.39 Å². The van der Waals surface area contributed by atoms with Crippen LogP contribution in [0.25, 0.3) is 34.3 Å². The van der Waals surface area contributed by atoms with Crippen molar-refractivity contribution in [1.29, 1.82) is 5.41 Å². The summed E-state index contributed by atoms with van der Waals surface area (Å²) in [4.78, 5) is 17.8. The van der Waals surface area contributed by atoms with Crippen molar-refractivity contribution in [3.8, 4) is 34.3 Å². The molecule has 0 saturated heterocycles. The van der Waals surface area contributed by atoms with Crippen LogP contribution in [0.2, 0.25) is 0 Å². The molecule has 0 radical (unpaired) electrons. The summed E-state index contributed by atoms with van der Waals surface area (Å²) in [5, 5.41) is 24.2. The summed E-state index contributed by atoms with van der Waals surface area (Å²) in [6.45, 7) is 1.07. The van der Waals surface area contributed by atoms with Gasteiger partial charge in [-0.1, -0.05) is 71.0 Å². The van der Waals surface area contributed by atoms with Gasteiger partial charge >= 0.3 is 0 Å². The van der Waals surface area contributed by atoms with Gasteiger partial charge in [-0.2, -0.15) is 14.6 Å². The number of hydrogen-bond donors (Lipinski definition) is 3. The Morgan fingerprint density at radius 2 is 1.36 bits per heavy atom. The first-order valence-corrected chi connectivity index (χ1v) is 13.6. The molecule has 7 aromatic rings. The summed E-state index contributed by atoms with van der Waals surface area (Å²) in [7, 11) is 0. The lowest BCUT2D eigenvalue weighted by atomic mass is 10.2. The molecular weight excluding hydrogens is 579 g/mol. The summed E-state index contributed by atoms with van der Waals surface area (Å²) >= 11 is 0. The average Bonchev–Trinajstić information content (AvgIpc) is 3.87. The zero-order valence-corrected chi connectivity index (χ0v) is 23.5. The molecule has 0 saturated carbocycles. The van der Waals surface area contributed by atoms with Crippen LogP contribution < -0.4 is 11.3 Å². The van der Waals surface area contributed by atoms with Gasteiger partial charge in [-0.25, -0.2) is 4.98 Å². The number of nitrogens with two attached hydrogens (primary N) is 1. The van der Waals surface area contributed by atoms with Gasteiger partial charge in [-0.05, 0) is 23.3 Å². The molecular formula is C31H25FN10O3. The van der Waals surface area contributed by atoms with Crippen molar-refractivity contribution in [1.82, 2.24) is 39.8 Å². The van der Waals surface area contributed by atoms with E-state index in [2.05, 4.69) is 30.5 Å². The van der Waals surface area contributed by atoms with E-state index in [4.69, 9.17) is 20.2 Å². The first-order valence-electron chi connectivity index (χ1n) is 13.6. The number of hydrogen-bond acceptors (Lipinski definition) is 9. The molecule has 0 atom stereocenters. The number of benzene rings is 2. The number of H-pyrrole nitrogens is 1. The van der Waals surface area contributed by atoms with Crippen LogP contribution in [0.15, 0.2) is 117 Å². The normalized spacial score (nSPS) is 10.8. The van der Waals surface area contributed by atoms with E-state index in [0.717, 1.165) is 23.0 Å². The van der Waals surface area contributed by atoms with Gasteiger partial charge < -0.3 is 19.8 Å². The van der Waals surface area contributed by atoms with Gasteiger partial charge in [0.2, 0.25) is 5.82 Å². The molecule has 0 aliphatic carbocycles. The zero-order chi connectivity index (χ0) is 31.2. The monoisotopic (exact) mass is 604 g/mol. The highest BCUT2D eigenvalue weighted by atomic mass is 19.1. The lowest BCUT2D eigenvalue weighted by molar-refractivity contribution is 0.421. The summed E-state index contributed by atoms with van der Waals surface area (Å²) in [6, 6.07) is 26.6. The number of amidine groups is 1. The fourth-order valence-corrected chi connectivity index (χ4v) is 4.45. The number of nitrogens with zero attached hydrogens (tertiary/aromatic N) is 7. The molecule has 0 unspecified atom stereocenters. The molecule has 14 heteroatoms. The summed E-state index contributed by atoms with van der Waals surface area (Å²) < 4.78 is 26.4. The van der Waals surface area contributed by atoms with E-state index < -0.39 is 11.4 Å². The third kappa shape index (κ3) is 6.64. The van der Waals surface area contributed by atoms with Crippen LogP contribution in [0.1, 0.15) is 16.8 Å². The van der Waals surface area contributed by atoms with Crippen LogP contribution in [-0.4, -0.2) is 45.7 Å². The molecule has 0 bridgehead atoms. The number of rotatable bonds is 8. The first kappa shape index (κ1) is 28.7. The Hall–Kier alpha value is -6.44. The fourth-order valence-electron chi connectivity index (χ4n) is 4.45. The molecule has 0 amide bonds. The third-order valence-electron chi connectivity index (χ3n) is 6.59. The fraction of sp³-hybridized carbons (Fsp3) is 0.0645. The van der Waals surface area contributed by atoms with Crippen LogP contribution in [-0.2, 0) is 13.1 Å². The zero-order valence-electron chi connectivity index (χ0n) is 23.5. The van der Waals surface area contributed by atoms with E-state index in [1.165, 1.54) is 12.5 Å². The summed E-state index contributed by atoms with van der Waals surface area (Å²) in [5.74, 6) is -0.825. The molecule has 0 aliphatic heterocycles. The van der Waals surface area contributed by atoms with Gasteiger partial charge in [0.1, 0.15) is 41.1 Å². The molecule has 224 valence electrons. The summed E-state index contributed by atoms with van der Waals surface area (Å²) in [5.41, 5.74) is 10.4. The molecule has 45 heavy (non-hydrogen) atoms. The minimum Gasteiger partial charge on any atom is -0.382 e. The quantitative estimate of drug-likeness (QED) is 0.168. The lowest BCUT2D eigenvalue weighted by Crippen LogP contribution is -2.13. The van der Waals surface area contributed by atoms with E-state index in [-0.39, 0.29) is 11.7 Å². The van der Waals surface area contributed by atoms with E-state index in [1.54, 1.807) is 33.6 Å². The predicted molar refractivity (Wildman–Crippen MR) is 161 cm³/mol. The molecule has 5 heterocycles. The number of aromatic amines is 1. The SMILES string of the molecule is N=C(N)c1cc(-c2ccon2)n(Cc2ccccc2)n1.O=c1[nH]c(-c2cc(-c3ccon3)n(Cc3ccccc3)n2)ncc1F. The predicted octanol–water partition coefficient (Wildman–Crippen LogP) is 4.35. The average molecular weight is 605 g/mol. The maximum Gasteiger partial charge on any atom is 0.287 e. The molecule has 5 aromatic heterocycles. The highest BCUT2D eigenvalue weighted by Gasteiger charge is 2.17. The lowest BCUT2D eigenvalue weighted by Gasteiger charge is -2.05. The minimum absolute atomic E-state index is 0.0680. The van der Waals surface area contributed by atoms with Crippen LogP contribution in [0, 0.1) is 11.2 Å². The molecule has 13 nitrogen and oxygen atoms in total. The van der Waals surface area contributed by atoms with Crippen LogP contribution >= 0.6 is 0 Å². The number of nitrogen functional groups attached to an aromatic ring is 1. The second-order valence-corrected chi connectivity index (χ2v) is 9.71. The van der Waals surface area contributed by atoms with Crippen molar-refractivity contribution in [3.05, 3.63) is 137 Å². The maximum atomic E-state index is 13.2. The van der Waals surface area contributed by atoms with E-state index in [1.807, 2.05) is 60.7 Å². The number of nitrogens with one attached hydrogen (secondary N) is 2. The Morgan fingerprint density at radius 1 is 0.800 bits per heavy atom. The van der Waals surface area contributed by atoms with Crippen molar-refractivity contribution in [2.24, 2.45) is 5.73 Å². The van der Waals surface area contributed by atoms with E-state index in [9.17, 15) is 9.18 Å². The minimum atomic E-state index is -0.941. The number of aromatic nitrogens is 8. The third-order valence-corrected chi connectivity index (χ3v) is 6.59. The first-order chi connectivity index (χ1) is 21.9. The van der Waals surface area contributed by atoms with Gasteiger partial charge in [-0.15, -0.1) is 0 Å². The van der Waals surface area contributed by atoms with Crippen LogP contribution in [0.5, 0.6) is 0 Å². The van der Waals surface area contributed by atoms with Crippen LogP contribution in [0.3, 0.4) is 0 Å². The second-order valence-electron chi connectivity index (χ2n) is 9.71. The van der Waals surface area contributed by atoms with Crippen molar-refractivity contribution in [2.75, 3.05) is 0 Å². The highest BCUT2D eigenvalue weighted by molar-refractivity contribution is 5.94. The Labute approximate surface area is 254 Å². The van der Waals surface area contributed by atoms with Gasteiger partial charge in [0, 0.05) is 12.1 Å². The van der Waals surface area contributed by atoms with Crippen molar-refractivity contribution >= 4 is 5.84 Å². The van der Waals surface area contributed by atoms with E-state index in [0.29, 0.717) is 41.6 Å². The Balaban J connectivity index is 0.000000163. The van der Waals surface area contributed by atoms with Gasteiger partial charge in [0.05, 0.1) is 30.7 Å². The molecule has 7 rings (SSSR count). The molecule has 2 aromatic carbocycles. The Morgan fingerprint density at radius 3 is 1.87 bits per heavy atom. The van der Waals surface area contributed by atoms with E-state index >= 15 is 0 Å². The van der Waals surface area contributed by atoms with Crippen molar-refractivity contribution in [2.45, 2.75) is 13.1 Å². The molecule has 0 fully saturated rings. The largest absolute Gasteiger partial charge is 0.382 e. The molecule has 4 N–H and O–H groups in total.